The van der Waals surface area contributed by atoms with Crippen LogP contribution in [0.15, 0.2) is 134 Å². The Morgan fingerprint density at radius 1 is 0.771 bits per heavy atom. The van der Waals surface area contributed by atoms with Crippen LogP contribution in [0.2, 0.25) is 5.04 Å². The predicted molar refractivity (Wildman–Crippen MR) is 191 cm³/mol. The summed E-state index contributed by atoms with van der Waals surface area (Å²) in [5, 5.41) is 1.94. The van der Waals surface area contributed by atoms with Gasteiger partial charge < -0.3 is 23.4 Å². The van der Waals surface area contributed by atoms with Crippen molar-refractivity contribution >= 4 is 24.5 Å². The van der Waals surface area contributed by atoms with Crippen molar-refractivity contribution in [2.75, 3.05) is 13.2 Å². The molecule has 0 saturated carbocycles. The first-order chi connectivity index (χ1) is 23.2. The minimum Gasteiger partial charge on any atom is -0.404 e. The first kappa shape index (κ1) is 34.2. The quantitative estimate of drug-likeness (QED) is 0.110. The van der Waals surface area contributed by atoms with Crippen LogP contribution in [0.1, 0.15) is 44.7 Å². The Balaban J connectivity index is 1.45. The van der Waals surface area contributed by atoms with Crippen molar-refractivity contribution in [1.82, 2.24) is 0 Å². The van der Waals surface area contributed by atoms with Crippen molar-refractivity contribution in [3.05, 3.63) is 145 Å². The molecule has 0 radical (unpaired) electrons. The maximum Gasteiger partial charge on any atom is 0.261 e. The van der Waals surface area contributed by atoms with Crippen molar-refractivity contribution in [3.63, 3.8) is 0 Å². The number of benzene rings is 4. The molecule has 2 saturated heterocycles. The van der Waals surface area contributed by atoms with Gasteiger partial charge in [-0.15, -0.1) is 6.58 Å². The Labute approximate surface area is 285 Å². The van der Waals surface area contributed by atoms with Gasteiger partial charge in [0.25, 0.3) is 8.32 Å². The molecule has 0 aliphatic carbocycles. The number of carbonyl (C=O) groups is 1. The topological polar surface area (TPSA) is 63.2 Å². The van der Waals surface area contributed by atoms with Gasteiger partial charge in [-0.2, -0.15) is 0 Å². The Hall–Kier alpha value is -3.69. The highest BCUT2D eigenvalue weighted by Gasteiger charge is 2.71. The molecule has 2 aliphatic heterocycles. The van der Waals surface area contributed by atoms with Crippen molar-refractivity contribution in [3.8, 4) is 0 Å². The zero-order valence-corrected chi connectivity index (χ0v) is 29.2. The van der Waals surface area contributed by atoms with E-state index in [0.717, 1.165) is 21.5 Å². The number of rotatable bonds is 14. The van der Waals surface area contributed by atoms with E-state index in [4.69, 9.17) is 23.4 Å². The lowest BCUT2D eigenvalue weighted by Gasteiger charge is -2.46. The van der Waals surface area contributed by atoms with Gasteiger partial charge >= 0.3 is 0 Å². The molecule has 4 aromatic carbocycles. The van der Waals surface area contributed by atoms with Crippen molar-refractivity contribution in [1.29, 1.82) is 0 Å². The Morgan fingerprint density at radius 3 is 1.73 bits per heavy atom. The van der Waals surface area contributed by atoms with Crippen molar-refractivity contribution in [2.45, 2.75) is 75.5 Å². The molecule has 2 bridgehead atoms. The van der Waals surface area contributed by atoms with Crippen LogP contribution in [0, 0.1) is 0 Å². The van der Waals surface area contributed by atoms with Gasteiger partial charge in [0.1, 0.15) is 18.8 Å². The standard InChI is InChI=1S/C41H46O6Si/c1-5-6-27-41-38(44-29-33-21-13-8-14-22-33)37(43-28-32-19-11-7-12-20-32)40(47-41,36(42)30-45-41)31-46-48(39(2,3)4,34-23-15-9-16-24-34)35-25-17-10-18-26-35/h5,7-26,37-38H,1,6,27-31H2,2-4H3/t37-,38-,40+,41+/m1/s1. The molecule has 48 heavy (non-hydrogen) atoms. The minimum atomic E-state index is -3.05. The van der Waals surface area contributed by atoms with Crippen LogP contribution in [0.5, 0.6) is 0 Å². The molecule has 2 heterocycles. The third kappa shape index (κ3) is 6.51. The highest BCUT2D eigenvalue weighted by molar-refractivity contribution is 6.99. The smallest absolute Gasteiger partial charge is 0.261 e. The molecule has 6 nitrogen and oxygen atoms in total. The summed E-state index contributed by atoms with van der Waals surface area (Å²) in [5.74, 6) is -1.44. The molecular formula is C41H46O6Si. The predicted octanol–water partition coefficient (Wildman–Crippen LogP) is 6.76. The number of ketones is 1. The fourth-order valence-corrected chi connectivity index (χ4v) is 11.8. The monoisotopic (exact) mass is 662 g/mol. The zero-order valence-electron chi connectivity index (χ0n) is 28.2. The summed E-state index contributed by atoms with van der Waals surface area (Å²) in [6, 6.07) is 40.8. The van der Waals surface area contributed by atoms with Gasteiger partial charge in [0.15, 0.2) is 17.2 Å². The van der Waals surface area contributed by atoms with Gasteiger partial charge in [-0.25, -0.2) is 0 Å². The van der Waals surface area contributed by atoms with E-state index in [0.29, 0.717) is 19.4 Å². The van der Waals surface area contributed by atoms with Gasteiger partial charge in [-0.1, -0.05) is 148 Å². The van der Waals surface area contributed by atoms with Gasteiger partial charge in [-0.05, 0) is 33.0 Å². The summed E-state index contributed by atoms with van der Waals surface area (Å²) in [7, 11) is -3.05. The van der Waals surface area contributed by atoms with Crippen LogP contribution in [0.4, 0.5) is 0 Å². The first-order valence-corrected chi connectivity index (χ1v) is 18.7. The lowest BCUT2D eigenvalue weighted by atomic mass is 9.90. The van der Waals surface area contributed by atoms with Crippen LogP contribution in [-0.4, -0.2) is 50.9 Å². The zero-order chi connectivity index (χ0) is 33.7. The van der Waals surface area contributed by atoms with Gasteiger partial charge in [0.2, 0.25) is 0 Å². The normalized spacial score (nSPS) is 24.0. The SMILES string of the molecule is C=CCC[C@]12OCC(=O)[C@](CO[Si](c3ccccc3)(c3ccccc3)C(C)(C)C)(O1)[C@H](OCc1ccccc1)[C@H]2OCc1ccccc1. The summed E-state index contributed by atoms with van der Waals surface area (Å²) < 4.78 is 34.3. The van der Waals surface area contributed by atoms with E-state index in [1.807, 2.05) is 78.9 Å². The molecule has 2 fully saturated rings. The van der Waals surface area contributed by atoms with Crippen molar-refractivity contribution < 1.29 is 28.2 Å². The van der Waals surface area contributed by atoms with Crippen LogP contribution in [-0.2, 0) is 41.4 Å². The Morgan fingerprint density at radius 2 is 1.25 bits per heavy atom. The van der Waals surface area contributed by atoms with E-state index >= 15 is 0 Å². The maximum absolute atomic E-state index is 14.4. The summed E-state index contributed by atoms with van der Waals surface area (Å²) in [4.78, 5) is 14.4. The Kier molecular flexibility index (Phi) is 10.3. The number of allylic oxidation sites excluding steroid dienone is 1. The first-order valence-electron chi connectivity index (χ1n) is 16.8. The van der Waals surface area contributed by atoms with E-state index < -0.39 is 31.9 Å². The fourth-order valence-electron chi connectivity index (χ4n) is 7.23. The number of Topliss-reactive ketones (excluding diaryl/α,β-unsaturated/α-hetero) is 1. The lowest BCUT2D eigenvalue weighted by molar-refractivity contribution is -0.302. The molecule has 0 aromatic heterocycles. The molecule has 250 valence electrons. The van der Waals surface area contributed by atoms with Crippen molar-refractivity contribution in [2.24, 2.45) is 0 Å². The Bertz CT molecular complexity index is 1600. The lowest BCUT2D eigenvalue weighted by Crippen LogP contribution is -2.69. The molecule has 0 amide bonds. The second kappa shape index (κ2) is 14.4. The highest BCUT2D eigenvalue weighted by Crippen LogP contribution is 2.50. The number of hydrogen-bond acceptors (Lipinski definition) is 6. The average molecular weight is 663 g/mol. The summed E-state index contributed by atoms with van der Waals surface area (Å²) in [5.41, 5.74) is 0.517. The molecule has 6 rings (SSSR count). The van der Waals surface area contributed by atoms with Crippen LogP contribution in [0.25, 0.3) is 0 Å². The highest BCUT2D eigenvalue weighted by atomic mass is 28.4. The number of ether oxygens (including phenoxy) is 4. The van der Waals surface area contributed by atoms with E-state index in [1.165, 1.54) is 0 Å². The van der Waals surface area contributed by atoms with E-state index in [9.17, 15) is 4.79 Å². The molecule has 0 unspecified atom stereocenters. The van der Waals surface area contributed by atoms with Gasteiger partial charge in [-0.3, -0.25) is 4.79 Å². The average Bonchev–Trinajstić information content (AvgIpc) is 3.33. The number of fused-ring (bicyclic) bond motifs is 2. The van der Waals surface area contributed by atoms with Crippen LogP contribution in [0.3, 0.4) is 0 Å². The molecule has 7 heteroatoms. The third-order valence-electron chi connectivity index (χ3n) is 9.60. The summed E-state index contributed by atoms with van der Waals surface area (Å²) in [6.45, 7) is 11.1. The van der Waals surface area contributed by atoms with E-state index in [1.54, 1.807) is 0 Å². The van der Waals surface area contributed by atoms with Crippen LogP contribution >= 0.6 is 0 Å². The molecule has 4 aromatic rings. The number of carbonyl (C=O) groups excluding carboxylic acids is 1. The second-order valence-corrected chi connectivity index (χ2v) is 18.0. The molecule has 4 atom stereocenters. The largest absolute Gasteiger partial charge is 0.404 e. The molecule has 2 aliphatic rings. The minimum absolute atomic E-state index is 0.0109. The van der Waals surface area contributed by atoms with Gasteiger partial charge in [0.05, 0.1) is 19.8 Å². The molecular weight excluding hydrogens is 617 g/mol. The van der Waals surface area contributed by atoms with E-state index in [2.05, 4.69) is 75.9 Å². The summed E-state index contributed by atoms with van der Waals surface area (Å²) >= 11 is 0. The van der Waals surface area contributed by atoms with Gasteiger partial charge in [0, 0.05) is 6.42 Å². The third-order valence-corrected chi connectivity index (χ3v) is 14.6. The number of hydrogen-bond donors (Lipinski definition) is 0. The fraction of sp³-hybridized carbons (Fsp3) is 0.341. The van der Waals surface area contributed by atoms with E-state index in [-0.39, 0.29) is 30.6 Å². The molecule has 0 N–H and O–H groups in total. The second-order valence-electron chi connectivity index (χ2n) is 13.7. The maximum atomic E-state index is 14.4. The molecule has 0 spiro atoms. The summed E-state index contributed by atoms with van der Waals surface area (Å²) in [6.07, 6.45) is 1.38. The van der Waals surface area contributed by atoms with Crippen LogP contribution < -0.4 is 10.4 Å².